The Kier molecular flexibility index (Phi) is 6.23. The number of likely N-dealkylation sites (tertiary alicyclic amines) is 1. The van der Waals surface area contributed by atoms with E-state index in [1.807, 2.05) is 6.92 Å². The second-order valence-corrected chi connectivity index (χ2v) is 5.43. The van der Waals surface area contributed by atoms with Crippen molar-refractivity contribution >= 4 is 29.7 Å². The predicted molar refractivity (Wildman–Crippen MR) is 84.1 cm³/mol. The van der Waals surface area contributed by atoms with Gasteiger partial charge in [0.2, 0.25) is 5.91 Å². The summed E-state index contributed by atoms with van der Waals surface area (Å²) in [5, 5.41) is 2.85. The van der Waals surface area contributed by atoms with Crippen molar-refractivity contribution < 1.29 is 4.79 Å². The fourth-order valence-electron chi connectivity index (χ4n) is 2.45. The standard InChI is InChI=1S/C14H22N4O.ClH/c1-10-4-3-5-18(8-10)9-14(19)17-12-6-13(15)11(2)16-7-12;/h6-7,10H,3-5,8-9,15H2,1-2H3,(H,17,19);1H/t10-;/m0./s1. The highest BCUT2D eigenvalue weighted by Gasteiger charge is 2.18. The van der Waals surface area contributed by atoms with E-state index in [4.69, 9.17) is 5.73 Å². The number of anilines is 2. The zero-order valence-electron chi connectivity index (χ0n) is 12.1. The zero-order chi connectivity index (χ0) is 13.8. The molecule has 0 radical (unpaired) electrons. The van der Waals surface area contributed by atoms with Crippen LogP contribution in [0.3, 0.4) is 0 Å². The number of halogens is 1. The molecule has 1 aliphatic rings. The van der Waals surface area contributed by atoms with Gasteiger partial charge in [-0.05, 0) is 38.3 Å². The van der Waals surface area contributed by atoms with Crippen LogP contribution in [0.5, 0.6) is 0 Å². The van der Waals surface area contributed by atoms with Crippen LogP contribution in [0.2, 0.25) is 0 Å². The maximum atomic E-state index is 12.0. The van der Waals surface area contributed by atoms with E-state index in [1.54, 1.807) is 12.3 Å². The highest BCUT2D eigenvalue weighted by molar-refractivity contribution is 5.92. The summed E-state index contributed by atoms with van der Waals surface area (Å²) in [6.45, 7) is 6.52. The Bertz CT molecular complexity index is 466. The highest BCUT2D eigenvalue weighted by Crippen LogP contribution is 2.16. The van der Waals surface area contributed by atoms with Gasteiger partial charge in [0.1, 0.15) is 0 Å². The van der Waals surface area contributed by atoms with Crippen molar-refractivity contribution in [2.45, 2.75) is 26.7 Å². The molecule has 0 bridgehead atoms. The summed E-state index contributed by atoms with van der Waals surface area (Å²) < 4.78 is 0. The number of carbonyl (C=O) groups excluding carboxylic acids is 1. The van der Waals surface area contributed by atoms with Crippen molar-refractivity contribution in [1.29, 1.82) is 0 Å². The summed E-state index contributed by atoms with van der Waals surface area (Å²) in [6, 6.07) is 1.75. The number of nitrogen functional groups attached to an aromatic ring is 1. The second-order valence-electron chi connectivity index (χ2n) is 5.43. The minimum absolute atomic E-state index is 0. The SMILES string of the molecule is Cc1ncc(NC(=O)CN2CCC[C@H](C)C2)cc1N.Cl. The number of aryl methyl sites for hydroxylation is 1. The lowest BCUT2D eigenvalue weighted by molar-refractivity contribution is -0.117. The largest absolute Gasteiger partial charge is 0.397 e. The molecule has 1 atom stereocenters. The topological polar surface area (TPSA) is 71.2 Å². The van der Waals surface area contributed by atoms with Gasteiger partial charge in [0.25, 0.3) is 0 Å². The molecule has 5 nitrogen and oxygen atoms in total. The van der Waals surface area contributed by atoms with E-state index in [0.717, 1.165) is 18.8 Å². The summed E-state index contributed by atoms with van der Waals surface area (Å²) >= 11 is 0. The van der Waals surface area contributed by atoms with Crippen molar-refractivity contribution in [2.75, 3.05) is 30.7 Å². The number of amides is 1. The number of pyridine rings is 1. The molecule has 1 amide bonds. The highest BCUT2D eigenvalue weighted by atomic mass is 35.5. The van der Waals surface area contributed by atoms with Gasteiger partial charge in [-0.15, -0.1) is 12.4 Å². The van der Waals surface area contributed by atoms with Crippen molar-refractivity contribution in [3.05, 3.63) is 18.0 Å². The minimum Gasteiger partial charge on any atom is -0.397 e. The van der Waals surface area contributed by atoms with E-state index in [-0.39, 0.29) is 18.3 Å². The molecule has 1 aromatic rings. The molecule has 1 fully saturated rings. The van der Waals surface area contributed by atoms with E-state index >= 15 is 0 Å². The lowest BCUT2D eigenvalue weighted by atomic mass is 10.0. The molecule has 0 spiro atoms. The number of rotatable bonds is 3. The van der Waals surface area contributed by atoms with E-state index in [0.29, 0.717) is 23.8 Å². The van der Waals surface area contributed by atoms with Gasteiger partial charge >= 0.3 is 0 Å². The number of nitrogens with zero attached hydrogens (tertiary/aromatic N) is 2. The van der Waals surface area contributed by atoms with Gasteiger partial charge in [-0.2, -0.15) is 0 Å². The third-order valence-electron chi connectivity index (χ3n) is 3.52. The van der Waals surface area contributed by atoms with Gasteiger partial charge in [0.15, 0.2) is 0 Å². The van der Waals surface area contributed by atoms with Crippen LogP contribution in [-0.4, -0.2) is 35.4 Å². The van der Waals surface area contributed by atoms with Crippen molar-refractivity contribution in [1.82, 2.24) is 9.88 Å². The lowest BCUT2D eigenvalue weighted by Crippen LogP contribution is -2.39. The van der Waals surface area contributed by atoms with E-state index in [2.05, 4.69) is 22.1 Å². The average Bonchev–Trinajstić information content (AvgIpc) is 2.34. The normalized spacial score (nSPS) is 19.2. The van der Waals surface area contributed by atoms with Crippen molar-refractivity contribution in [3.63, 3.8) is 0 Å². The number of aromatic nitrogens is 1. The van der Waals surface area contributed by atoms with Gasteiger partial charge in [0, 0.05) is 6.54 Å². The van der Waals surface area contributed by atoms with Crippen LogP contribution in [0.25, 0.3) is 0 Å². The molecule has 2 heterocycles. The van der Waals surface area contributed by atoms with Gasteiger partial charge < -0.3 is 11.1 Å². The number of carbonyl (C=O) groups is 1. The Morgan fingerprint density at radius 2 is 2.35 bits per heavy atom. The average molecular weight is 299 g/mol. The van der Waals surface area contributed by atoms with Gasteiger partial charge in [-0.1, -0.05) is 6.92 Å². The maximum absolute atomic E-state index is 12.0. The molecule has 0 aliphatic carbocycles. The van der Waals surface area contributed by atoms with Crippen molar-refractivity contribution in [2.24, 2.45) is 5.92 Å². The van der Waals surface area contributed by atoms with Crippen LogP contribution in [0.15, 0.2) is 12.3 Å². The molecule has 2 rings (SSSR count). The summed E-state index contributed by atoms with van der Waals surface area (Å²) in [5.41, 5.74) is 7.82. The zero-order valence-corrected chi connectivity index (χ0v) is 12.9. The van der Waals surface area contributed by atoms with E-state index in [9.17, 15) is 4.79 Å². The molecule has 1 aliphatic heterocycles. The number of nitrogens with one attached hydrogen (secondary N) is 1. The first-order chi connectivity index (χ1) is 9.04. The Morgan fingerprint density at radius 1 is 1.60 bits per heavy atom. The van der Waals surface area contributed by atoms with Crippen LogP contribution < -0.4 is 11.1 Å². The first kappa shape index (κ1) is 16.7. The summed E-state index contributed by atoms with van der Waals surface area (Å²) in [5.74, 6) is 0.678. The molecule has 3 N–H and O–H groups in total. The Balaban J connectivity index is 0.00000200. The van der Waals surface area contributed by atoms with Crippen LogP contribution >= 0.6 is 12.4 Å². The lowest BCUT2D eigenvalue weighted by Gasteiger charge is -2.30. The number of nitrogens with two attached hydrogens (primary N) is 1. The molecular weight excluding hydrogens is 276 g/mol. The molecule has 0 saturated carbocycles. The molecule has 112 valence electrons. The van der Waals surface area contributed by atoms with Gasteiger partial charge in [-0.3, -0.25) is 14.7 Å². The molecule has 0 aromatic carbocycles. The van der Waals surface area contributed by atoms with Crippen LogP contribution in [0.4, 0.5) is 11.4 Å². The quantitative estimate of drug-likeness (QED) is 0.896. The Morgan fingerprint density at radius 3 is 3.00 bits per heavy atom. The van der Waals surface area contributed by atoms with E-state index < -0.39 is 0 Å². The van der Waals surface area contributed by atoms with Crippen LogP contribution in [-0.2, 0) is 4.79 Å². The fourth-order valence-corrected chi connectivity index (χ4v) is 2.45. The summed E-state index contributed by atoms with van der Waals surface area (Å²) in [4.78, 5) is 18.3. The first-order valence-electron chi connectivity index (χ1n) is 6.79. The molecule has 20 heavy (non-hydrogen) atoms. The Labute approximate surface area is 126 Å². The number of hydrogen-bond acceptors (Lipinski definition) is 4. The Hall–Kier alpha value is -1.33. The van der Waals surface area contributed by atoms with Crippen LogP contribution in [0, 0.1) is 12.8 Å². The smallest absolute Gasteiger partial charge is 0.238 e. The second kappa shape index (κ2) is 7.45. The molecule has 0 unspecified atom stereocenters. The summed E-state index contributed by atoms with van der Waals surface area (Å²) in [6.07, 6.45) is 4.08. The monoisotopic (exact) mass is 298 g/mol. The van der Waals surface area contributed by atoms with Crippen molar-refractivity contribution in [3.8, 4) is 0 Å². The predicted octanol–water partition coefficient (Wildman–Crippen LogP) is 2.06. The number of piperidine rings is 1. The van der Waals surface area contributed by atoms with Gasteiger partial charge in [-0.25, -0.2) is 0 Å². The molecule has 1 aromatic heterocycles. The van der Waals surface area contributed by atoms with Gasteiger partial charge in [0.05, 0.1) is 29.8 Å². The minimum atomic E-state index is -0.000784. The maximum Gasteiger partial charge on any atom is 0.238 e. The molecule has 6 heteroatoms. The molecule has 1 saturated heterocycles. The first-order valence-corrected chi connectivity index (χ1v) is 6.79. The third kappa shape index (κ3) is 4.65. The fraction of sp³-hybridized carbons (Fsp3) is 0.571. The third-order valence-corrected chi connectivity index (χ3v) is 3.52. The van der Waals surface area contributed by atoms with Crippen LogP contribution in [0.1, 0.15) is 25.5 Å². The number of hydrogen-bond donors (Lipinski definition) is 2. The summed E-state index contributed by atoms with van der Waals surface area (Å²) in [7, 11) is 0. The van der Waals surface area contributed by atoms with E-state index in [1.165, 1.54) is 12.8 Å². The molecular formula is C14H23ClN4O.